The number of methoxy groups -OCH3 is 2. The lowest BCUT2D eigenvalue weighted by atomic mass is 10.2. The van der Waals surface area contributed by atoms with E-state index in [-0.39, 0.29) is 6.61 Å². The number of hydrogen-bond acceptors (Lipinski definition) is 7. The second-order valence-corrected chi connectivity index (χ2v) is 5.44. The van der Waals surface area contributed by atoms with E-state index in [1.165, 1.54) is 14.2 Å². The molecule has 0 atom stereocenters. The van der Waals surface area contributed by atoms with Gasteiger partial charge in [0, 0.05) is 6.07 Å². The summed E-state index contributed by atoms with van der Waals surface area (Å²) in [6.45, 7) is 1.51. The highest BCUT2D eigenvalue weighted by atomic mass is 16.6. The zero-order valence-corrected chi connectivity index (χ0v) is 16.0. The Kier molecular flexibility index (Phi) is 7.95. The molecule has 0 spiro atoms. The van der Waals surface area contributed by atoms with Crippen LogP contribution in [0.4, 0.5) is 5.69 Å². The van der Waals surface area contributed by atoms with Gasteiger partial charge in [-0.3, -0.25) is 4.79 Å². The van der Waals surface area contributed by atoms with Crippen LogP contribution in [0.15, 0.2) is 42.5 Å². The number of amides is 1. The summed E-state index contributed by atoms with van der Waals surface area (Å²) in [6, 6.07) is 11.9. The predicted molar refractivity (Wildman–Crippen MR) is 102 cm³/mol. The Hall–Kier alpha value is -3.42. The fourth-order valence-electron chi connectivity index (χ4n) is 2.27. The summed E-state index contributed by atoms with van der Waals surface area (Å²) >= 11 is 0. The van der Waals surface area contributed by atoms with Crippen molar-refractivity contribution in [2.24, 2.45) is 0 Å². The fraction of sp³-hybridized carbons (Fsp3) is 0.300. The van der Waals surface area contributed by atoms with Gasteiger partial charge in [-0.1, -0.05) is 12.1 Å². The lowest BCUT2D eigenvalue weighted by molar-refractivity contribution is -0.149. The largest absolute Gasteiger partial charge is 0.497 e. The van der Waals surface area contributed by atoms with E-state index < -0.39 is 18.5 Å². The lowest BCUT2D eigenvalue weighted by Crippen LogP contribution is -2.24. The molecule has 0 saturated heterocycles. The van der Waals surface area contributed by atoms with Gasteiger partial charge < -0.3 is 29.0 Å². The summed E-state index contributed by atoms with van der Waals surface area (Å²) in [5, 5.41) is 2.61. The Balaban J connectivity index is 1.84. The second-order valence-electron chi connectivity index (χ2n) is 5.44. The number of ether oxygens (including phenoxy) is 5. The molecule has 0 bridgehead atoms. The molecule has 0 aromatic heterocycles. The number of hydrogen-bond donors (Lipinski definition) is 1. The van der Waals surface area contributed by atoms with Crippen LogP contribution >= 0.6 is 0 Å². The first-order valence-electron chi connectivity index (χ1n) is 8.59. The molecule has 0 aliphatic heterocycles. The van der Waals surface area contributed by atoms with Gasteiger partial charge in [0.2, 0.25) is 0 Å². The average molecular weight is 389 g/mol. The molecule has 0 radical (unpaired) electrons. The van der Waals surface area contributed by atoms with E-state index in [2.05, 4.69) is 5.32 Å². The van der Waals surface area contributed by atoms with Crippen LogP contribution in [0.2, 0.25) is 0 Å². The zero-order valence-electron chi connectivity index (χ0n) is 16.0. The fourth-order valence-corrected chi connectivity index (χ4v) is 2.27. The molecule has 2 aromatic carbocycles. The predicted octanol–water partition coefficient (Wildman–Crippen LogP) is 2.66. The van der Waals surface area contributed by atoms with Gasteiger partial charge in [-0.2, -0.15) is 0 Å². The van der Waals surface area contributed by atoms with Crippen molar-refractivity contribution in [1.82, 2.24) is 0 Å². The first-order chi connectivity index (χ1) is 13.6. The van der Waals surface area contributed by atoms with Crippen molar-refractivity contribution < 1.29 is 33.3 Å². The highest BCUT2D eigenvalue weighted by molar-refractivity contribution is 5.94. The number of nitrogens with one attached hydrogen (secondary N) is 1. The SMILES string of the molecule is CCOc1ccccc1OCC(=O)OCC(=O)Nc1cc(OC)ccc1OC. The van der Waals surface area contributed by atoms with Gasteiger partial charge >= 0.3 is 5.97 Å². The summed E-state index contributed by atoms with van der Waals surface area (Å²) < 4.78 is 26.0. The molecule has 0 fully saturated rings. The van der Waals surface area contributed by atoms with Gasteiger partial charge in [-0.25, -0.2) is 4.79 Å². The third-order valence-corrected chi connectivity index (χ3v) is 3.54. The molecule has 8 heteroatoms. The van der Waals surface area contributed by atoms with E-state index in [4.69, 9.17) is 23.7 Å². The van der Waals surface area contributed by atoms with Gasteiger partial charge in [0.1, 0.15) is 11.5 Å². The number of rotatable bonds is 10. The monoisotopic (exact) mass is 389 g/mol. The van der Waals surface area contributed by atoms with E-state index in [0.717, 1.165) is 0 Å². The standard InChI is InChI=1S/C20H23NO7/c1-4-26-17-7-5-6-8-18(17)27-13-20(23)28-12-19(22)21-15-11-14(24-2)9-10-16(15)25-3/h5-11H,4,12-13H2,1-3H3,(H,21,22). The van der Waals surface area contributed by atoms with Crippen LogP contribution in [-0.2, 0) is 14.3 Å². The molecule has 2 rings (SSSR count). The maximum Gasteiger partial charge on any atom is 0.344 e. The Labute approximate surface area is 163 Å². The van der Waals surface area contributed by atoms with Crippen molar-refractivity contribution in [2.45, 2.75) is 6.92 Å². The molecule has 28 heavy (non-hydrogen) atoms. The Morgan fingerprint density at radius 2 is 1.61 bits per heavy atom. The van der Waals surface area contributed by atoms with Crippen molar-refractivity contribution in [3.8, 4) is 23.0 Å². The van der Waals surface area contributed by atoms with Crippen LogP contribution in [0.1, 0.15) is 6.92 Å². The number of esters is 1. The summed E-state index contributed by atoms with van der Waals surface area (Å²) in [6.07, 6.45) is 0. The minimum atomic E-state index is -0.681. The number of para-hydroxylation sites is 2. The quantitative estimate of drug-likeness (QED) is 0.625. The molecule has 0 aliphatic carbocycles. The molecular weight excluding hydrogens is 366 g/mol. The van der Waals surface area contributed by atoms with Crippen molar-refractivity contribution >= 4 is 17.6 Å². The topological polar surface area (TPSA) is 92.3 Å². The van der Waals surface area contributed by atoms with Crippen molar-refractivity contribution in [1.29, 1.82) is 0 Å². The maximum absolute atomic E-state index is 12.1. The third-order valence-electron chi connectivity index (χ3n) is 3.54. The van der Waals surface area contributed by atoms with E-state index in [1.807, 2.05) is 6.92 Å². The summed E-state index contributed by atoms with van der Waals surface area (Å²) in [5.74, 6) is 0.756. The van der Waals surface area contributed by atoms with Gasteiger partial charge in [-0.05, 0) is 31.2 Å². The van der Waals surface area contributed by atoms with Crippen LogP contribution in [0.5, 0.6) is 23.0 Å². The van der Waals surface area contributed by atoms with Crippen molar-refractivity contribution in [2.75, 3.05) is 39.4 Å². The van der Waals surface area contributed by atoms with Gasteiger partial charge in [0.25, 0.3) is 5.91 Å². The second kappa shape index (κ2) is 10.7. The van der Waals surface area contributed by atoms with E-state index in [1.54, 1.807) is 42.5 Å². The molecule has 0 unspecified atom stereocenters. The van der Waals surface area contributed by atoms with Crippen LogP contribution in [-0.4, -0.2) is 45.9 Å². The van der Waals surface area contributed by atoms with Gasteiger partial charge in [0.05, 0.1) is 26.5 Å². The highest BCUT2D eigenvalue weighted by Crippen LogP contribution is 2.29. The van der Waals surface area contributed by atoms with Gasteiger partial charge in [0.15, 0.2) is 24.7 Å². The molecule has 2 aromatic rings. The third kappa shape index (κ3) is 6.08. The van der Waals surface area contributed by atoms with E-state index in [0.29, 0.717) is 35.3 Å². The van der Waals surface area contributed by atoms with Crippen LogP contribution in [0, 0.1) is 0 Å². The Bertz CT molecular complexity index is 807. The van der Waals surface area contributed by atoms with Crippen LogP contribution in [0.3, 0.4) is 0 Å². The first kappa shape index (κ1) is 20.9. The Morgan fingerprint density at radius 3 is 2.25 bits per heavy atom. The number of anilines is 1. The molecule has 0 saturated carbocycles. The van der Waals surface area contributed by atoms with Crippen LogP contribution in [0.25, 0.3) is 0 Å². The molecule has 0 heterocycles. The molecule has 1 amide bonds. The number of carbonyl (C=O) groups excluding carboxylic acids is 2. The summed E-state index contributed by atoms with van der Waals surface area (Å²) in [4.78, 5) is 23.9. The van der Waals surface area contributed by atoms with Crippen LogP contribution < -0.4 is 24.3 Å². The van der Waals surface area contributed by atoms with Crippen molar-refractivity contribution in [3.63, 3.8) is 0 Å². The number of carbonyl (C=O) groups is 2. The molecular formula is C20H23NO7. The summed E-state index contributed by atoms with van der Waals surface area (Å²) in [7, 11) is 2.99. The minimum Gasteiger partial charge on any atom is -0.497 e. The molecule has 8 nitrogen and oxygen atoms in total. The maximum atomic E-state index is 12.1. The smallest absolute Gasteiger partial charge is 0.344 e. The van der Waals surface area contributed by atoms with E-state index in [9.17, 15) is 9.59 Å². The number of benzene rings is 2. The summed E-state index contributed by atoms with van der Waals surface area (Å²) in [5.41, 5.74) is 0.407. The molecule has 1 N–H and O–H groups in total. The molecule has 150 valence electrons. The Morgan fingerprint density at radius 1 is 0.893 bits per heavy atom. The molecule has 0 aliphatic rings. The zero-order chi connectivity index (χ0) is 20.4. The van der Waals surface area contributed by atoms with Gasteiger partial charge in [-0.15, -0.1) is 0 Å². The highest BCUT2D eigenvalue weighted by Gasteiger charge is 2.13. The minimum absolute atomic E-state index is 0.347. The van der Waals surface area contributed by atoms with Crippen molar-refractivity contribution in [3.05, 3.63) is 42.5 Å². The first-order valence-corrected chi connectivity index (χ1v) is 8.59. The van der Waals surface area contributed by atoms with E-state index >= 15 is 0 Å². The average Bonchev–Trinajstić information content (AvgIpc) is 2.71. The normalized spacial score (nSPS) is 9.96. The lowest BCUT2D eigenvalue weighted by Gasteiger charge is -2.13.